The molecule has 0 aliphatic carbocycles. The minimum atomic E-state index is -1.90. The summed E-state index contributed by atoms with van der Waals surface area (Å²) < 4.78 is 28.6. The van der Waals surface area contributed by atoms with Crippen LogP contribution in [0.2, 0.25) is 0 Å². The van der Waals surface area contributed by atoms with E-state index in [2.05, 4.69) is 69.4 Å². The van der Waals surface area contributed by atoms with E-state index in [1.54, 1.807) is 0 Å². The molecule has 0 bridgehead atoms. The third-order valence-corrected chi connectivity index (χ3v) is 15.4. The van der Waals surface area contributed by atoms with Crippen molar-refractivity contribution in [3.8, 4) is 0 Å². The van der Waals surface area contributed by atoms with E-state index in [0.29, 0.717) is 19.3 Å². The van der Waals surface area contributed by atoms with Crippen LogP contribution in [0.3, 0.4) is 0 Å². The standard InChI is InChI=1S/C69H122O12/c1-4-7-10-13-16-19-22-25-27-29-31-33-35-38-40-43-46-49-52-55-61(70)77-58-60(79-62(71)56-53-50-47-44-41-37-24-21-18-15-12-9-6-3)59-78-69-67(65(74)64(73)66(81-69)68(75)76)80-63(72)57-54-51-48-45-42-39-36-34-32-30-28-26-23-20-17-14-11-8-5-2/h16-17,19-20,25-28,60,64-67,69,73-74H,4-15,18,21-24,29-59H2,1-3H3,(H,75,76)/b19-16-,20-17-,27-25-,28-26-. The van der Waals surface area contributed by atoms with E-state index in [1.165, 1.54) is 167 Å². The molecule has 0 aromatic heterocycles. The Morgan fingerprint density at radius 3 is 1.14 bits per heavy atom. The topological polar surface area (TPSA) is 175 Å². The molecule has 1 heterocycles. The lowest BCUT2D eigenvalue weighted by atomic mass is 9.98. The summed E-state index contributed by atoms with van der Waals surface area (Å²) in [4.78, 5) is 51.4. The first-order valence-corrected chi connectivity index (χ1v) is 33.6. The Bertz CT molecular complexity index is 1590. The van der Waals surface area contributed by atoms with Gasteiger partial charge < -0.3 is 39.0 Å². The molecular weight excluding hydrogens is 1020 g/mol. The SMILES string of the molecule is CCCCC/C=C\C/C=C\CCCCCCCCCCCC(=O)OCC(COC1OC(C(=O)O)C(O)C(O)C1OC(=O)CCCCCCCCCCC/C=C\C/C=C\CCCCC)OC(=O)CCCCCCCCCCCCCCC. The molecule has 0 aromatic rings. The Morgan fingerprint density at radius 2 is 0.741 bits per heavy atom. The van der Waals surface area contributed by atoms with E-state index in [0.717, 1.165) is 89.9 Å². The van der Waals surface area contributed by atoms with Gasteiger partial charge in [0.05, 0.1) is 6.61 Å². The fourth-order valence-corrected chi connectivity index (χ4v) is 10.2. The van der Waals surface area contributed by atoms with Gasteiger partial charge in [0.1, 0.15) is 18.8 Å². The zero-order valence-electron chi connectivity index (χ0n) is 52.0. The molecular formula is C69H122O12. The molecule has 12 heteroatoms. The van der Waals surface area contributed by atoms with Crippen molar-refractivity contribution in [1.29, 1.82) is 0 Å². The van der Waals surface area contributed by atoms with Crippen LogP contribution in [-0.4, -0.2) is 89.2 Å². The summed E-state index contributed by atoms with van der Waals surface area (Å²) in [7, 11) is 0. The number of carboxylic acids is 1. The number of carboxylic acid groups (broad SMARTS) is 1. The van der Waals surface area contributed by atoms with Crippen LogP contribution in [0.5, 0.6) is 0 Å². The zero-order chi connectivity index (χ0) is 58.9. The second kappa shape index (κ2) is 57.1. The van der Waals surface area contributed by atoms with Crippen LogP contribution in [0.4, 0.5) is 0 Å². The largest absolute Gasteiger partial charge is 0.479 e. The lowest BCUT2D eigenvalue weighted by molar-refractivity contribution is -0.301. The van der Waals surface area contributed by atoms with Crippen molar-refractivity contribution in [1.82, 2.24) is 0 Å². The molecule has 6 atom stereocenters. The average Bonchev–Trinajstić information content (AvgIpc) is 3.45. The van der Waals surface area contributed by atoms with Crippen molar-refractivity contribution >= 4 is 23.9 Å². The fourth-order valence-electron chi connectivity index (χ4n) is 10.2. The van der Waals surface area contributed by atoms with Gasteiger partial charge in [0.25, 0.3) is 0 Å². The second-order valence-corrected chi connectivity index (χ2v) is 23.1. The molecule has 6 unspecified atom stereocenters. The third-order valence-electron chi connectivity index (χ3n) is 15.4. The number of carbonyl (C=O) groups excluding carboxylic acids is 3. The van der Waals surface area contributed by atoms with Crippen molar-refractivity contribution < 1.29 is 58.2 Å². The molecule has 1 saturated heterocycles. The highest BCUT2D eigenvalue weighted by Gasteiger charge is 2.50. The zero-order valence-corrected chi connectivity index (χ0v) is 52.0. The van der Waals surface area contributed by atoms with Gasteiger partial charge >= 0.3 is 23.9 Å². The summed E-state index contributed by atoms with van der Waals surface area (Å²) in [6.45, 7) is 5.99. The summed E-state index contributed by atoms with van der Waals surface area (Å²) in [5, 5.41) is 31.6. The highest BCUT2D eigenvalue weighted by Crippen LogP contribution is 2.27. The monoisotopic (exact) mass is 1140 g/mol. The summed E-state index contributed by atoms with van der Waals surface area (Å²) in [6.07, 6.45) is 57.7. The molecule has 1 fully saturated rings. The maximum atomic E-state index is 13.2. The number of aliphatic hydroxyl groups is 2. The van der Waals surface area contributed by atoms with Gasteiger partial charge in [-0.25, -0.2) is 4.79 Å². The van der Waals surface area contributed by atoms with Crippen molar-refractivity contribution in [2.45, 2.75) is 353 Å². The van der Waals surface area contributed by atoms with Crippen LogP contribution in [0, 0.1) is 0 Å². The Labute approximate surface area is 494 Å². The number of aliphatic carboxylic acids is 1. The fraction of sp³-hybridized carbons (Fsp3) is 0.826. The number of hydrogen-bond acceptors (Lipinski definition) is 11. The van der Waals surface area contributed by atoms with E-state index < -0.39 is 67.3 Å². The van der Waals surface area contributed by atoms with E-state index in [1.807, 2.05) is 0 Å². The van der Waals surface area contributed by atoms with Gasteiger partial charge in [0.15, 0.2) is 24.6 Å². The van der Waals surface area contributed by atoms with E-state index in [9.17, 15) is 34.5 Å². The molecule has 0 radical (unpaired) electrons. The van der Waals surface area contributed by atoms with Crippen molar-refractivity contribution in [3.63, 3.8) is 0 Å². The van der Waals surface area contributed by atoms with Crippen LogP contribution in [-0.2, 0) is 42.9 Å². The quantitative estimate of drug-likeness (QED) is 0.0228. The first-order chi connectivity index (χ1) is 39.6. The van der Waals surface area contributed by atoms with Gasteiger partial charge in [-0.15, -0.1) is 0 Å². The Balaban J connectivity index is 2.62. The molecule has 12 nitrogen and oxygen atoms in total. The lowest BCUT2D eigenvalue weighted by Crippen LogP contribution is -2.61. The maximum Gasteiger partial charge on any atom is 0.335 e. The molecule has 3 N–H and O–H groups in total. The molecule has 1 aliphatic rings. The van der Waals surface area contributed by atoms with Crippen LogP contribution in [0.25, 0.3) is 0 Å². The van der Waals surface area contributed by atoms with E-state index >= 15 is 0 Å². The highest BCUT2D eigenvalue weighted by atomic mass is 16.7. The van der Waals surface area contributed by atoms with Gasteiger partial charge in [-0.1, -0.05) is 262 Å². The van der Waals surface area contributed by atoms with Crippen LogP contribution >= 0.6 is 0 Å². The number of esters is 3. The molecule has 0 aromatic carbocycles. The number of aliphatic hydroxyl groups excluding tert-OH is 2. The molecule has 81 heavy (non-hydrogen) atoms. The number of rotatable bonds is 58. The number of allylic oxidation sites excluding steroid dienone is 8. The van der Waals surface area contributed by atoms with Crippen LogP contribution in [0.15, 0.2) is 48.6 Å². The third kappa shape index (κ3) is 46.7. The smallest absolute Gasteiger partial charge is 0.335 e. The van der Waals surface area contributed by atoms with Crippen molar-refractivity contribution in [3.05, 3.63) is 48.6 Å². The van der Waals surface area contributed by atoms with Gasteiger partial charge in [-0.3, -0.25) is 14.4 Å². The first-order valence-electron chi connectivity index (χ1n) is 33.6. The van der Waals surface area contributed by atoms with Crippen molar-refractivity contribution in [2.75, 3.05) is 13.2 Å². The van der Waals surface area contributed by atoms with Crippen molar-refractivity contribution in [2.24, 2.45) is 0 Å². The number of carbonyl (C=O) groups is 4. The maximum absolute atomic E-state index is 13.2. The second-order valence-electron chi connectivity index (χ2n) is 23.1. The molecule has 1 rings (SSSR count). The van der Waals surface area contributed by atoms with E-state index in [4.69, 9.17) is 23.7 Å². The first kappa shape index (κ1) is 75.7. The molecule has 0 saturated carbocycles. The van der Waals surface area contributed by atoms with E-state index in [-0.39, 0.29) is 25.9 Å². The number of unbranched alkanes of at least 4 members (excludes halogenated alkanes) is 36. The normalized spacial score (nSPS) is 18.0. The van der Waals surface area contributed by atoms with Gasteiger partial charge in [-0.05, 0) is 83.5 Å². The number of ether oxygens (including phenoxy) is 5. The molecule has 470 valence electrons. The summed E-state index contributed by atoms with van der Waals surface area (Å²) in [6, 6.07) is 0. The molecule has 0 spiro atoms. The lowest BCUT2D eigenvalue weighted by Gasteiger charge is -2.40. The Morgan fingerprint density at radius 1 is 0.407 bits per heavy atom. The summed E-state index contributed by atoms with van der Waals surface area (Å²) in [5.41, 5.74) is 0. The molecule has 1 aliphatic heterocycles. The Kier molecular flexibility index (Phi) is 53.4. The number of hydrogen-bond donors (Lipinski definition) is 3. The predicted molar refractivity (Wildman–Crippen MR) is 331 cm³/mol. The highest BCUT2D eigenvalue weighted by molar-refractivity contribution is 5.74. The predicted octanol–water partition coefficient (Wildman–Crippen LogP) is 18.1. The minimum Gasteiger partial charge on any atom is -0.479 e. The van der Waals surface area contributed by atoms with Gasteiger partial charge in [0.2, 0.25) is 0 Å². The summed E-state index contributed by atoms with van der Waals surface area (Å²) in [5.74, 6) is -3.10. The van der Waals surface area contributed by atoms with Gasteiger partial charge in [-0.2, -0.15) is 0 Å². The summed E-state index contributed by atoms with van der Waals surface area (Å²) >= 11 is 0. The average molecular weight is 1140 g/mol. The Hall–Kier alpha value is -3.32. The van der Waals surface area contributed by atoms with Crippen LogP contribution < -0.4 is 0 Å². The molecule has 0 amide bonds. The van der Waals surface area contributed by atoms with Gasteiger partial charge in [0, 0.05) is 19.3 Å². The minimum absolute atomic E-state index is 0.0577. The van der Waals surface area contributed by atoms with Crippen LogP contribution in [0.1, 0.15) is 316 Å².